The lowest BCUT2D eigenvalue weighted by Crippen LogP contribution is -2.41. The van der Waals surface area contributed by atoms with Gasteiger partial charge in [0.2, 0.25) is 0 Å². The van der Waals surface area contributed by atoms with Crippen molar-refractivity contribution in [2.75, 3.05) is 27.2 Å². The highest BCUT2D eigenvalue weighted by molar-refractivity contribution is 6.31. The van der Waals surface area contributed by atoms with Crippen LogP contribution in [0.15, 0.2) is 24.3 Å². The van der Waals surface area contributed by atoms with Crippen LogP contribution in [0.1, 0.15) is 45.2 Å². The van der Waals surface area contributed by atoms with E-state index < -0.39 is 0 Å². The van der Waals surface area contributed by atoms with E-state index in [1.165, 1.54) is 18.4 Å². The van der Waals surface area contributed by atoms with Crippen LogP contribution >= 0.6 is 11.6 Å². The highest BCUT2D eigenvalue weighted by Crippen LogP contribution is 2.30. The van der Waals surface area contributed by atoms with E-state index in [-0.39, 0.29) is 0 Å². The number of halogens is 1. The van der Waals surface area contributed by atoms with Crippen LogP contribution in [0.25, 0.3) is 0 Å². The van der Waals surface area contributed by atoms with Crippen LogP contribution in [-0.2, 0) is 0 Å². The third kappa shape index (κ3) is 4.76. The summed E-state index contributed by atoms with van der Waals surface area (Å²) >= 11 is 6.32. The minimum atomic E-state index is 0.299. The van der Waals surface area contributed by atoms with Crippen molar-refractivity contribution in [1.82, 2.24) is 10.2 Å². The molecule has 1 N–H and O–H groups in total. The minimum Gasteiger partial charge on any atom is -0.319 e. The first-order chi connectivity index (χ1) is 9.43. The van der Waals surface area contributed by atoms with Gasteiger partial charge in [-0.25, -0.2) is 0 Å². The van der Waals surface area contributed by atoms with Gasteiger partial charge in [0.15, 0.2) is 0 Å². The van der Waals surface area contributed by atoms with Crippen molar-refractivity contribution in [3.8, 4) is 0 Å². The molecule has 114 valence electrons. The summed E-state index contributed by atoms with van der Waals surface area (Å²) in [5.74, 6) is 0. The van der Waals surface area contributed by atoms with Gasteiger partial charge in [-0.2, -0.15) is 0 Å². The van der Waals surface area contributed by atoms with Crippen LogP contribution in [0.2, 0.25) is 5.02 Å². The molecule has 1 rings (SSSR count). The van der Waals surface area contributed by atoms with Crippen LogP contribution in [0.3, 0.4) is 0 Å². The molecule has 2 unspecified atom stereocenters. The van der Waals surface area contributed by atoms with Crippen LogP contribution in [0.5, 0.6) is 0 Å². The summed E-state index contributed by atoms with van der Waals surface area (Å²) in [6.07, 6.45) is 2.44. The third-order valence-corrected chi connectivity index (χ3v) is 4.45. The fraction of sp³-hybridized carbons (Fsp3) is 0.647. The van der Waals surface area contributed by atoms with Gasteiger partial charge in [0.05, 0.1) is 0 Å². The number of hydrogen-bond donors (Lipinski definition) is 1. The van der Waals surface area contributed by atoms with Crippen LogP contribution < -0.4 is 5.32 Å². The summed E-state index contributed by atoms with van der Waals surface area (Å²) in [4.78, 5) is 2.41. The molecule has 2 nitrogen and oxygen atoms in total. The van der Waals surface area contributed by atoms with Gasteiger partial charge in [-0.1, -0.05) is 50.1 Å². The predicted octanol–water partition coefficient (Wildman–Crippen LogP) is 4.36. The molecule has 0 amide bonds. The van der Waals surface area contributed by atoms with Crippen LogP contribution in [0.4, 0.5) is 0 Å². The number of rotatable bonds is 8. The first-order valence-corrected chi connectivity index (χ1v) is 7.90. The molecule has 0 aromatic heterocycles. The maximum absolute atomic E-state index is 6.32. The summed E-state index contributed by atoms with van der Waals surface area (Å²) < 4.78 is 0. The quantitative estimate of drug-likeness (QED) is 0.767. The zero-order valence-electron chi connectivity index (χ0n) is 13.5. The maximum atomic E-state index is 6.32. The minimum absolute atomic E-state index is 0.299. The van der Waals surface area contributed by atoms with Crippen molar-refractivity contribution in [3.63, 3.8) is 0 Å². The summed E-state index contributed by atoms with van der Waals surface area (Å²) in [6, 6.07) is 8.47. The number of nitrogens with one attached hydrogen (secondary N) is 1. The monoisotopic (exact) mass is 296 g/mol. The van der Waals surface area contributed by atoms with E-state index in [0.717, 1.165) is 18.1 Å². The van der Waals surface area contributed by atoms with Gasteiger partial charge in [-0.05, 0) is 44.5 Å². The lowest BCUT2D eigenvalue weighted by molar-refractivity contribution is 0.144. The Balaban J connectivity index is 2.78. The van der Waals surface area contributed by atoms with Crippen molar-refractivity contribution in [2.24, 2.45) is 5.41 Å². The molecule has 0 spiro atoms. The Labute approximate surface area is 129 Å². The zero-order chi connectivity index (χ0) is 15.2. The van der Waals surface area contributed by atoms with E-state index in [2.05, 4.69) is 50.2 Å². The van der Waals surface area contributed by atoms with E-state index in [0.29, 0.717) is 11.5 Å². The lowest BCUT2D eigenvalue weighted by Gasteiger charge is -2.37. The Kier molecular flexibility index (Phi) is 7.01. The molecule has 0 aliphatic rings. The Morgan fingerprint density at radius 2 is 2.00 bits per heavy atom. The topological polar surface area (TPSA) is 15.3 Å². The van der Waals surface area contributed by atoms with Gasteiger partial charge in [-0.3, -0.25) is 4.90 Å². The molecule has 2 atom stereocenters. The smallest absolute Gasteiger partial charge is 0.0453 e. The number of benzene rings is 1. The van der Waals surface area contributed by atoms with Crippen LogP contribution in [-0.4, -0.2) is 32.1 Å². The first kappa shape index (κ1) is 17.5. The molecule has 0 aliphatic heterocycles. The average molecular weight is 297 g/mol. The normalized spacial score (nSPS) is 16.1. The van der Waals surface area contributed by atoms with Gasteiger partial charge in [0.1, 0.15) is 0 Å². The van der Waals surface area contributed by atoms with Gasteiger partial charge < -0.3 is 5.32 Å². The predicted molar refractivity (Wildman–Crippen MR) is 89.4 cm³/mol. The lowest BCUT2D eigenvalue weighted by atomic mass is 9.84. The second kappa shape index (κ2) is 8.02. The molecule has 0 fully saturated rings. The molecule has 0 heterocycles. The number of nitrogens with zero attached hydrogens (tertiary/aromatic N) is 1. The molecule has 0 aliphatic carbocycles. The maximum Gasteiger partial charge on any atom is 0.0453 e. The van der Waals surface area contributed by atoms with Crippen molar-refractivity contribution in [3.05, 3.63) is 34.9 Å². The fourth-order valence-electron chi connectivity index (χ4n) is 3.04. The van der Waals surface area contributed by atoms with Crippen molar-refractivity contribution in [1.29, 1.82) is 0 Å². The molecule has 0 saturated heterocycles. The van der Waals surface area contributed by atoms with E-state index in [1.54, 1.807) is 0 Å². The summed E-state index contributed by atoms with van der Waals surface area (Å²) in [5, 5.41) is 4.19. The standard InChI is InChI=1S/C17H29ClN2/c1-6-11-17(3,12-19-4)13-20(5)14(2)15-9-7-8-10-16(15)18/h7-10,14,19H,6,11-13H2,1-5H3. The molecule has 0 bridgehead atoms. The highest BCUT2D eigenvalue weighted by Gasteiger charge is 2.27. The molecular formula is C17H29ClN2. The Morgan fingerprint density at radius 3 is 2.55 bits per heavy atom. The summed E-state index contributed by atoms with van der Waals surface area (Å²) in [7, 11) is 4.23. The van der Waals surface area contributed by atoms with Crippen LogP contribution in [0, 0.1) is 5.41 Å². The number of hydrogen-bond acceptors (Lipinski definition) is 2. The largest absolute Gasteiger partial charge is 0.319 e. The van der Waals surface area contributed by atoms with E-state index in [4.69, 9.17) is 11.6 Å². The molecule has 20 heavy (non-hydrogen) atoms. The Morgan fingerprint density at radius 1 is 1.35 bits per heavy atom. The molecule has 0 radical (unpaired) electrons. The fourth-order valence-corrected chi connectivity index (χ4v) is 3.34. The Hall–Kier alpha value is -0.570. The Bertz CT molecular complexity index is 400. The first-order valence-electron chi connectivity index (χ1n) is 7.53. The molecular weight excluding hydrogens is 268 g/mol. The molecule has 1 aromatic carbocycles. The van der Waals surface area contributed by atoms with E-state index >= 15 is 0 Å². The van der Waals surface area contributed by atoms with Gasteiger partial charge >= 0.3 is 0 Å². The van der Waals surface area contributed by atoms with E-state index in [9.17, 15) is 0 Å². The third-order valence-electron chi connectivity index (χ3n) is 4.10. The average Bonchev–Trinajstić information content (AvgIpc) is 2.38. The second-order valence-electron chi connectivity index (χ2n) is 6.20. The van der Waals surface area contributed by atoms with Crippen molar-refractivity contribution < 1.29 is 0 Å². The SMILES string of the molecule is CCCC(C)(CNC)CN(C)C(C)c1ccccc1Cl. The molecule has 1 aromatic rings. The van der Waals surface area contributed by atoms with Gasteiger partial charge in [0, 0.05) is 24.2 Å². The zero-order valence-corrected chi connectivity index (χ0v) is 14.3. The molecule has 3 heteroatoms. The summed E-state index contributed by atoms with van der Waals surface area (Å²) in [6.45, 7) is 8.95. The van der Waals surface area contributed by atoms with Gasteiger partial charge in [0.25, 0.3) is 0 Å². The van der Waals surface area contributed by atoms with E-state index in [1.807, 2.05) is 19.2 Å². The summed E-state index contributed by atoms with van der Waals surface area (Å²) in [5.41, 5.74) is 1.51. The molecule has 0 saturated carbocycles. The van der Waals surface area contributed by atoms with Crippen molar-refractivity contribution >= 4 is 11.6 Å². The van der Waals surface area contributed by atoms with Crippen molar-refractivity contribution in [2.45, 2.75) is 39.7 Å². The second-order valence-corrected chi connectivity index (χ2v) is 6.61. The van der Waals surface area contributed by atoms with Gasteiger partial charge in [-0.15, -0.1) is 0 Å². The highest BCUT2D eigenvalue weighted by atomic mass is 35.5.